The number of carbonyl (C=O) groups excluding carboxylic acids is 1. The number of hydrogen-bond donors (Lipinski definition) is 1. The molecule has 0 bridgehead atoms. The molecular formula is C20H25N5O2S. The Bertz CT molecular complexity index is 973. The molecule has 1 fully saturated rings. The third-order valence-corrected chi connectivity index (χ3v) is 6.39. The summed E-state index contributed by atoms with van der Waals surface area (Å²) in [6.07, 6.45) is 4.60. The number of methoxy groups -OCH3 is 1. The van der Waals surface area contributed by atoms with Crippen molar-refractivity contribution < 1.29 is 9.53 Å². The maximum Gasteiger partial charge on any atom is 0.239 e. The van der Waals surface area contributed by atoms with Gasteiger partial charge in [-0.1, -0.05) is 24.2 Å². The van der Waals surface area contributed by atoms with Crippen LogP contribution in [-0.4, -0.2) is 47.4 Å². The molecule has 0 unspecified atom stereocenters. The molecule has 2 heterocycles. The van der Waals surface area contributed by atoms with Gasteiger partial charge in [0, 0.05) is 13.1 Å². The van der Waals surface area contributed by atoms with Crippen molar-refractivity contribution in [2.24, 2.45) is 0 Å². The summed E-state index contributed by atoms with van der Waals surface area (Å²) < 4.78 is 8.11. The highest BCUT2D eigenvalue weighted by Gasteiger charge is 2.21. The first-order valence-corrected chi connectivity index (χ1v) is 10.4. The molecule has 7 nitrogen and oxygen atoms in total. The number of fused-ring (bicyclic) bond motifs is 1. The Morgan fingerprint density at radius 2 is 2.04 bits per heavy atom. The van der Waals surface area contributed by atoms with Gasteiger partial charge in [-0.15, -0.1) is 0 Å². The van der Waals surface area contributed by atoms with Crippen LogP contribution in [0.5, 0.6) is 5.75 Å². The van der Waals surface area contributed by atoms with E-state index in [-0.39, 0.29) is 5.91 Å². The van der Waals surface area contributed by atoms with Gasteiger partial charge < -0.3 is 15.0 Å². The molecule has 1 aromatic carbocycles. The van der Waals surface area contributed by atoms with Crippen molar-refractivity contribution in [1.82, 2.24) is 20.1 Å². The van der Waals surface area contributed by atoms with Crippen LogP contribution in [0.4, 0.5) is 5.13 Å². The zero-order valence-corrected chi connectivity index (χ0v) is 17.3. The molecule has 148 valence electrons. The number of amides is 1. The Balaban J connectivity index is 1.54. The summed E-state index contributed by atoms with van der Waals surface area (Å²) >= 11 is 1.57. The van der Waals surface area contributed by atoms with E-state index in [1.54, 1.807) is 18.4 Å². The van der Waals surface area contributed by atoms with Crippen molar-refractivity contribution >= 4 is 32.7 Å². The van der Waals surface area contributed by atoms with E-state index in [9.17, 15) is 4.79 Å². The molecule has 0 aliphatic heterocycles. The van der Waals surface area contributed by atoms with Crippen LogP contribution in [0.1, 0.15) is 31.4 Å². The van der Waals surface area contributed by atoms with Crippen molar-refractivity contribution in [1.29, 1.82) is 0 Å². The average Bonchev–Trinajstić information content (AvgIpc) is 3.40. The molecule has 0 spiro atoms. The molecule has 28 heavy (non-hydrogen) atoms. The van der Waals surface area contributed by atoms with E-state index in [2.05, 4.69) is 10.4 Å². The van der Waals surface area contributed by atoms with Gasteiger partial charge in [0.25, 0.3) is 0 Å². The number of nitrogens with zero attached hydrogens (tertiary/aromatic N) is 4. The summed E-state index contributed by atoms with van der Waals surface area (Å²) in [5.41, 5.74) is 2.67. The highest BCUT2D eigenvalue weighted by Crippen LogP contribution is 2.32. The van der Waals surface area contributed by atoms with E-state index in [0.29, 0.717) is 12.6 Å². The van der Waals surface area contributed by atoms with E-state index < -0.39 is 0 Å². The Kier molecular flexibility index (Phi) is 5.21. The summed E-state index contributed by atoms with van der Waals surface area (Å²) in [7, 11) is 3.56. The second kappa shape index (κ2) is 7.79. The predicted molar refractivity (Wildman–Crippen MR) is 112 cm³/mol. The SMILES string of the molecule is COc1ccc(-n2nc(C)c3sc(N(C)CC(=O)NC4CCCC4)nc32)cc1. The molecule has 1 saturated carbocycles. The molecule has 4 rings (SSSR count). The number of benzene rings is 1. The van der Waals surface area contributed by atoms with Crippen molar-refractivity contribution in [3.05, 3.63) is 30.0 Å². The summed E-state index contributed by atoms with van der Waals surface area (Å²) in [4.78, 5) is 19.0. The summed E-state index contributed by atoms with van der Waals surface area (Å²) in [6.45, 7) is 2.29. The van der Waals surface area contributed by atoms with E-state index in [0.717, 1.165) is 45.5 Å². The molecule has 3 aromatic rings. The third kappa shape index (κ3) is 3.69. The molecule has 0 atom stereocenters. The third-order valence-electron chi connectivity index (χ3n) is 5.12. The van der Waals surface area contributed by atoms with Gasteiger partial charge in [0.1, 0.15) is 5.75 Å². The van der Waals surface area contributed by atoms with Gasteiger partial charge in [-0.25, -0.2) is 4.68 Å². The van der Waals surface area contributed by atoms with E-state index >= 15 is 0 Å². The highest BCUT2D eigenvalue weighted by molar-refractivity contribution is 7.22. The van der Waals surface area contributed by atoms with Crippen LogP contribution in [0.2, 0.25) is 0 Å². The second-order valence-electron chi connectivity index (χ2n) is 7.25. The minimum absolute atomic E-state index is 0.0576. The molecule has 0 radical (unpaired) electrons. The zero-order chi connectivity index (χ0) is 19.7. The van der Waals surface area contributed by atoms with Crippen LogP contribution in [-0.2, 0) is 4.79 Å². The Hall–Kier alpha value is -2.61. The highest BCUT2D eigenvalue weighted by atomic mass is 32.1. The minimum atomic E-state index is 0.0576. The first-order chi connectivity index (χ1) is 13.5. The molecule has 2 aromatic heterocycles. The number of aryl methyl sites for hydroxylation is 1. The number of rotatable bonds is 6. The van der Waals surface area contributed by atoms with Gasteiger partial charge in [0.15, 0.2) is 10.8 Å². The first kappa shape index (κ1) is 18.7. The van der Waals surface area contributed by atoms with Crippen LogP contribution in [0.25, 0.3) is 16.0 Å². The number of aromatic nitrogens is 3. The predicted octanol–water partition coefficient (Wildman–Crippen LogP) is 3.29. The minimum Gasteiger partial charge on any atom is -0.497 e. The lowest BCUT2D eigenvalue weighted by Gasteiger charge is -2.17. The van der Waals surface area contributed by atoms with E-state index in [1.807, 2.05) is 47.8 Å². The lowest BCUT2D eigenvalue weighted by molar-refractivity contribution is -0.120. The number of likely N-dealkylation sites (N-methyl/N-ethyl adjacent to an activating group) is 1. The maximum absolute atomic E-state index is 12.3. The van der Waals surface area contributed by atoms with Gasteiger partial charge in [-0.05, 0) is 44.0 Å². The first-order valence-electron chi connectivity index (χ1n) is 9.56. The average molecular weight is 400 g/mol. The molecular weight excluding hydrogens is 374 g/mol. The molecule has 8 heteroatoms. The van der Waals surface area contributed by atoms with Gasteiger partial charge in [0.2, 0.25) is 5.91 Å². The van der Waals surface area contributed by atoms with Crippen LogP contribution in [0.3, 0.4) is 0 Å². The monoisotopic (exact) mass is 399 g/mol. The molecule has 1 aliphatic rings. The zero-order valence-electron chi connectivity index (χ0n) is 16.4. The van der Waals surface area contributed by atoms with Crippen molar-refractivity contribution in [3.63, 3.8) is 0 Å². The van der Waals surface area contributed by atoms with Crippen molar-refractivity contribution in [2.45, 2.75) is 38.6 Å². The lowest BCUT2D eigenvalue weighted by atomic mass is 10.2. The standard InChI is InChI=1S/C20H25N5O2S/c1-13-18-19(25(23-13)15-8-10-16(27-3)11-9-15)22-20(28-18)24(2)12-17(26)21-14-6-4-5-7-14/h8-11,14H,4-7,12H2,1-3H3,(H,21,26). The van der Waals surface area contributed by atoms with Gasteiger partial charge in [-0.2, -0.15) is 10.1 Å². The van der Waals surface area contributed by atoms with E-state index in [4.69, 9.17) is 9.72 Å². The van der Waals surface area contributed by atoms with Crippen LogP contribution < -0.4 is 15.0 Å². The Morgan fingerprint density at radius 1 is 1.32 bits per heavy atom. The molecule has 1 N–H and O–H groups in total. The number of anilines is 1. The number of thiazole rings is 1. The van der Waals surface area contributed by atoms with E-state index in [1.165, 1.54) is 12.8 Å². The number of carbonyl (C=O) groups is 1. The largest absolute Gasteiger partial charge is 0.497 e. The molecule has 0 saturated heterocycles. The topological polar surface area (TPSA) is 72.3 Å². The number of hydrogen-bond acceptors (Lipinski definition) is 6. The normalized spacial score (nSPS) is 14.5. The molecule has 1 amide bonds. The van der Waals surface area contributed by atoms with Gasteiger partial charge >= 0.3 is 0 Å². The Labute approximate surface area is 168 Å². The quantitative estimate of drug-likeness (QED) is 0.689. The maximum atomic E-state index is 12.3. The van der Waals surface area contributed by atoms with Crippen LogP contribution in [0, 0.1) is 6.92 Å². The molecule has 1 aliphatic carbocycles. The van der Waals surface area contributed by atoms with Crippen molar-refractivity contribution in [3.8, 4) is 11.4 Å². The fraction of sp³-hybridized carbons (Fsp3) is 0.450. The number of nitrogens with one attached hydrogen (secondary N) is 1. The second-order valence-corrected chi connectivity index (χ2v) is 8.23. The van der Waals surface area contributed by atoms with Crippen LogP contribution in [0.15, 0.2) is 24.3 Å². The lowest BCUT2D eigenvalue weighted by Crippen LogP contribution is -2.39. The summed E-state index contributed by atoms with van der Waals surface area (Å²) in [5.74, 6) is 0.859. The van der Waals surface area contributed by atoms with Crippen molar-refractivity contribution in [2.75, 3.05) is 25.6 Å². The number of ether oxygens (including phenoxy) is 1. The fourth-order valence-electron chi connectivity index (χ4n) is 3.62. The Morgan fingerprint density at radius 3 is 2.71 bits per heavy atom. The summed E-state index contributed by atoms with van der Waals surface area (Å²) in [6, 6.07) is 8.07. The fourth-order valence-corrected chi connectivity index (χ4v) is 4.56. The van der Waals surface area contributed by atoms with Gasteiger partial charge in [0.05, 0.1) is 29.7 Å². The van der Waals surface area contributed by atoms with Gasteiger partial charge in [-0.3, -0.25) is 4.79 Å². The van der Waals surface area contributed by atoms with Crippen LogP contribution >= 0.6 is 11.3 Å². The summed E-state index contributed by atoms with van der Waals surface area (Å²) in [5, 5.41) is 8.58. The smallest absolute Gasteiger partial charge is 0.239 e.